The van der Waals surface area contributed by atoms with Crippen LogP contribution in [0.15, 0.2) is 59.8 Å². The largest absolute Gasteiger partial charge is 0.392 e. The van der Waals surface area contributed by atoms with Crippen molar-refractivity contribution in [2.24, 2.45) is 5.16 Å². The van der Waals surface area contributed by atoms with Gasteiger partial charge in [0.2, 0.25) is 0 Å². The number of hydroxylamine groups is 1. The number of nitrogens with one attached hydrogen (secondary N) is 1. The van der Waals surface area contributed by atoms with Crippen LogP contribution in [0.3, 0.4) is 0 Å². The Bertz CT molecular complexity index is 1080. The lowest BCUT2D eigenvalue weighted by molar-refractivity contribution is -0.224. The van der Waals surface area contributed by atoms with Gasteiger partial charge in [-0.25, -0.2) is 8.42 Å². The minimum absolute atomic E-state index is 0.0456. The molecule has 0 radical (unpaired) electrons. The van der Waals surface area contributed by atoms with Gasteiger partial charge in [0.1, 0.15) is 17.1 Å². The van der Waals surface area contributed by atoms with Gasteiger partial charge in [0.25, 0.3) is 0 Å². The molecule has 9 heteroatoms. The number of rotatable bonds is 9. The SMILES string of the molecule is CC(CC1CC(c2ccc(-c3ccccc3)cc2)=NO1)(C(O)NOC1CCCCO1)S(C)(=O)=O. The van der Waals surface area contributed by atoms with Crippen molar-refractivity contribution in [2.75, 3.05) is 12.9 Å². The first-order valence-electron chi connectivity index (χ1n) is 11.6. The van der Waals surface area contributed by atoms with Gasteiger partial charge in [-0.05, 0) is 36.5 Å². The number of hydrogen-bond acceptors (Lipinski definition) is 8. The van der Waals surface area contributed by atoms with Gasteiger partial charge < -0.3 is 14.7 Å². The van der Waals surface area contributed by atoms with Crippen LogP contribution in [0.4, 0.5) is 0 Å². The second-order valence-electron chi connectivity index (χ2n) is 9.14. The van der Waals surface area contributed by atoms with E-state index in [1.54, 1.807) is 0 Å². The van der Waals surface area contributed by atoms with Crippen LogP contribution in [0.25, 0.3) is 11.1 Å². The van der Waals surface area contributed by atoms with Gasteiger partial charge in [-0.3, -0.25) is 4.84 Å². The van der Waals surface area contributed by atoms with Gasteiger partial charge in [-0.2, -0.15) is 5.48 Å². The van der Waals surface area contributed by atoms with Crippen LogP contribution in [0.2, 0.25) is 0 Å². The number of hydrogen-bond donors (Lipinski definition) is 2. The summed E-state index contributed by atoms with van der Waals surface area (Å²) in [5.74, 6) is 0. The molecule has 2 aliphatic rings. The summed E-state index contributed by atoms with van der Waals surface area (Å²) >= 11 is 0. The molecular weight excluding hydrogens is 456 g/mol. The van der Waals surface area contributed by atoms with Crippen molar-refractivity contribution in [2.45, 2.75) is 62.4 Å². The fourth-order valence-corrected chi connectivity index (χ4v) is 5.12. The first kappa shape index (κ1) is 24.8. The predicted octanol–water partition coefficient (Wildman–Crippen LogP) is 3.41. The maximum absolute atomic E-state index is 12.7. The number of ether oxygens (including phenoxy) is 1. The monoisotopic (exact) mass is 488 g/mol. The number of benzene rings is 2. The minimum Gasteiger partial charge on any atom is -0.392 e. The molecule has 2 aromatic carbocycles. The van der Waals surface area contributed by atoms with Crippen molar-refractivity contribution in [1.29, 1.82) is 0 Å². The molecule has 184 valence electrons. The van der Waals surface area contributed by atoms with Crippen molar-refractivity contribution in [3.05, 3.63) is 60.2 Å². The molecule has 0 aliphatic carbocycles. The molecule has 0 bridgehead atoms. The zero-order valence-corrected chi connectivity index (χ0v) is 20.3. The summed E-state index contributed by atoms with van der Waals surface area (Å²) in [5.41, 5.74) is 6.38. The van der Waals surface area contributed by atoms with Crippen LogP contribution in [-0.2, 0) is 24.2 Å². The summed E-state index contributed by atoms with van der Waals surface area (Å²) in [7, 11) is -3.69. The van der Waals surface area contributed by atoms with Gasteiger partial charge in [-0.15, -0.1) is 0 Å². The average Bonchev–Trinajstić information content (AvgIpc) is 3.31. The highest BCUT2D eigenvalue weighted by atomic mass is 32.2. The van der Waals surface area contributed by atoms with E-state index in [4.69, 9.17) is 14.4 Å². The highest BCUT2D eigenvalue weighted by Gasteiger charge is 2.47. The normalized spacial score (nSPS) is 23.6. The third-order valence-corrected chi connectivity index (χ3v) is 8.65. The van der Waals surface area contributed by atoms with Crippen molar-refractivity contribution >= 4 is 15.5 Å². The second kappa shape index (κ2) is 10.5. The fraction of sp³-hybridized carbons (Fsp3) is 0.480. The Morgan fingerprint density at radius 3 is 2.44 bits per heavy atom. The molecule has 4 rings (SSSR count). The highest BCUT2D eigenvalue weighted by Crippen LogP contribution is 2.32. The Balaban J connectivity index is 1.39. The number of sulfone groups is 1. The Kier molecular flexibility index (Phi) is 7.69. The van der Waals surface area contributed by atoms with E-state index in [0.717, 1.165) is 41.5 Å². The summed E-state index contributed by atoms with van der Waals surface area (Å²) in [4.78, 5) is 11.0. The molecule has 2 aliphatic heterocycles. The quantitative estimate of drug-likeness (QED) is 0.412. The summed E-state index contributed by atoms with van der Waals surface area (Å²) < 4.78 is 29.3. The highest BCUT2D eigenvalue weighted by molar-refractivity contribution is 7.92. The van der Waals surface area contributed by atoms with E-state index in [0.29, 0.717) is 19.4 Å². The van der Waals surface area contributed by atoms with E-state index in [9.17, 15) is 13.5 Å². The Morgan fingerprint density at radius 2 is 1.79 bits per heavy atom. The minimum atomic E-state index is -3.69. The molecule has 8 nitrogen and oxygen atoms in total. The molecular formula is C25H32N2O6S. The van der Waals surface area contributed by atoms with Gasteiger partial charge in [0.15, 0.2) is 16.1 Å². The maximum Gasteiger partial charge on any atom is 0.177 e. The summed E-state index contributed by atoms with van der Waals surface area (Å²) in [6.07, 6.45) is 1.71. The predicted molar refractivity (Wildman–Crippen MR) is 130 cm³/mol. The number of nitrogens with zero attached hydrogens (tertiary/aromatic N) is 1. The van der Waals surface area contributed by atoms with Crippen LogP contribution in [0, 0.1) is 0 Å². The van der Waals surface area contributed by atoms with Crippen LogP contribution in [0.1, 0.15) is 44.6 Å². The van der Waals surface area contributed by atoms with Crippen LogP contribution in [-0.4, -0.2) is 55.5 Å². The topological polar surface area (TPSA) is 106 Å². The molecule has 0 amide bonds. The first-order chi connectivity index (χ1) is 16.3. The lowest BCUT2D eigenvalue weighted by Crippen LogP contribution is -2.55. The van der Waals surface area contributed by atoms with E-state index < -0.39 is 33.2 Å². The maximum atomic E-state index is 12.7. The zero-order valence-electron chi connectivity index (χ0n) is 19.5. The fourth-order valence-electron chi connectivity index (χ4n) is 4.18. The Hall–Kier alpha value is -2.30. The second-order valence-corrected chi connectivity index (χ2v) is 11.6. The molecule has 0 saturated carbocycles. The first-order valence-corrected chi connectivity index (χ1v) is 13.4. The zero-order chi connectivity index (χ0) is 24.2. The molecule has 0 aromatic heterocycles. The molecule has 1 saturated heterocycles. The number of aliphatic hydroxyl groups excluding tert-OH is 1. The van der Waals surface area contributed by atoms with E-state index in [1.165, 1.54) is 6.92 Å². The molecule has 34 heavy (non-hydrogen) atoms. The standard InChI is InChI=1S/C25H32N2O6S/c1-25(34(2,29)30,24(28)27-33-23-10-6-7-15-31-23)17-21-16-22(26-32-21)20-13-11-19(12-14-20)18-8-4-3-5-9-18/h3-5,8-9,11-14,21,23-24,27-28H,6-7,10,15-17H2,1-2H3. The Morgan fingerprint density at radius 1 is 1.12 bits per heavy atom. The van der Waals surface area contributed by atoms with Crippen molar-refractivity contribution in [1.82, 2.24) is 5.48 Å². The molecule has 2 aromatic rings. The molecule has 4 unspecified atom stereocenters. The smallest absolute Gasteiger partial charge is 0.177 e. The average molecular weight is 489 g/mol. The third-order valence-electron chi connectivity index (χ3n) is 6.57. The van der Waals surface area contributed by atoms with Crippen molar-refractivity contribution in [3.8, 4) is 11.1 Å². The van der Waals surface area contributed by atoms with E-state index in [1.807, 2.05) is 42.5 Å². The van der Waals surface area contributed by atoms with Crippen LogP contribution < -0.4 is 5.48 Å². The molecule has 2 N–H and O–H groups in total. The van der Waals surface area contributed by atoms with Crippen LogP contribution >= 0.6 is 0 Å². The van der Waals surface area contributed by atoms with Gasteiger partial charge in [0.05, 0.1) is 5.71 Å². The van der Waals surface area contributed by atoms with E-state index >= 15 is 0 Å². The van der Waals surface area contributed by atoms with Crippen molar-refractivity contribution < 1.29 is 27.9 Å². The van der Waals surface area contributed by atoms with Gasteiger partial charge in [-0.1, -0.05) is 59.8 Å². The van der Waals surface area contributed by atoms with Crippen molar-refractivity contribution in [3.63, 3.8) is 0 Å². The Labute approximate surface area is 200 Å². The molecule has 2 heterocycles. The number of oxime groups is 1. The number of aliphatic hydroxyl groups is 1. The molecule has 0 spiro atoms. The lowest BCUT2D eigenvalue weighted by atomic mass is 9.95. The molecule has 4 atom stereocenters. The summed E-state index contributed by atoms with van der Waals surface area (Å²) in [6.45, 7) is 2.06. The summed E-state index contributed by atoms with van der Waals surface area (Å²) in [5, 5.41) is 15.0. The van der Waals surface area contributed by atoms with E-state index in [2.05, 4.69) is 22.8 Å². The van der Waals surface area contributed by atoms with Gasteiger partial charge in [0, 0.05) is 32.1 Å². The molecule has 1 fully saturated rings. The summed E-state index contributed by atoms with van der Waals surface area (Å²) in [6, 6.07) is 18.1. The van der Waals surface area contributed by atoms with Crippen LogP contribution in [0.5, 0.6) is 0 Å². The third kappa shape index (κ3) is 5.67. The van der Waals surface area contributed by atoms with E-state index in [-0.39, 0.29) is 6.42 Å². The van der Waals surface area contributed by atoms with Gasteiger partial charge >= 0.3 is 0 Å². The lowest BCUT2D eigenvalue weighted by Gasteiger charge is -2.35.